The zero-order chi connectivity index (χ0) is 23.2. The van der Waals surface area contributed by atoms with Crippen molar-refractivity contribution in [3.8, 4) is 5.75 Å². The zero-order valence-electron chi connectivity index (χ0n) is 18.6. The molecule has 1 saturated heterocycles. The molecule has 0 spiro atoms. The molecule has 3 aromatic carbocycles. The van der Waals surface area contributed by atoms with Gasteiger partial charge in [-0.05, 0) is 23.6 Å². The summed E-state index contributed by atoms with van der Waals surface area (Å²) in [6.07, 6.45) is 0.738. The van der Waals surface area contributed by atoms with Crippen molar-refractivity contribution in [1.82, 2.24) is 9.80 Å². The number of nitrogens with zero attached hydrogens (tertiary/aromatic N) is 2. The lowest BCUT2D eigenvalue weighted by atomic mass is 10.1. The summed E-state index contributed by atoms with van der Waals surface area (Å²) in [5.74, 6) is 0.401. The quantitative estimate of drug-likeness (QED) is 0.559. The van der Waals surface area contributed by atoms with Gasteiger partial charge in [0.25, 0.3) is 0 Å². The second kappa shape index (κ2) is 10.6. The minimum absolute atomic E-state index is 0.0598. The van der Waals surface area contributed by atoms with Gasteiger partial charge < -0.3 is 14.9 Å². The van der Waals surface area contributed by atoms with Crippen LogP contribution in [0.2, 0.25) is 0 Å². The first-order valence-electron chi connectivity index (χ1n) is 11.1. The lowest BCUT2D eigenvalue weighted by Crippen LogP contribution is -2.49. The summed E-state index contributed by atoms with van der Waals surface area (Å²) in [7, 11) is 0. The Balaban J connectivity index is 1.58. The lowest BCUT2D eigenvalue weighted by molar-refractivity contribution is -0.144. The van der Waals surface area contributed by atoms with Gasteiger partial charge in [0.1, 0.15) is 17.2 Å². The van der Waals surface area contributed by atoms with Crippen molar-refractivity contribution in [1.29, 1.82) is 0 Å². The molecule has 0 radical (unpaired) electrons. The summed E-state index contributed by atoms with van der Waals surface area (Å²) >= 11 is 1.52. The third-order valence-corrected chi connectivity index (χ3v) is 7.20. The van der Waals surface area contributed by atoms with Crippen molar-refractivity contribution in [2.75, 3.05) is 12.3 Å². The summed E-state index contributed by atoms with van der Waals surface area (Å²) in [4.78, 5) is 30.0. The van der Waals surface area contributed by atoms with Crippen LogP contribution in [0.4, 0.5) is 0 Å². The fourth-order valence-electron chi connectivity index (χ4n) is 4.21. The smallest absolute Gasteiger partial charge is 0.246 e. The number of carbonyl (C=O) groups is 2. The Morgan fingerprint density at radius 1 is 0.939 bits per heavy atom. The molecule has 4 rings (SSSR count). The highest BCUT2D eigenvalue weighted by Gasteiger charge is 2.43. The lowest BCUT2D eigenvalue weighted by Gasteiger charge is -2.32. The second-order valence-corrected chi connectivity index (χ2v) is 9.28. The van der Waals surface area contributed by atoms with Gasteiger partial charge in [-0.2, -0.15) is 0 Å². The molecule has 2 amide bonds. The number of phenols is 1. The van der Waals surface area contributed by atoms with Crippen molar-refractivity contribution in [3.63, 3.8) is 0 Å². The van der Waals surface area contributed by atoms with Crippen LogP contribution in [-0.4, -0.2) is 45.1 Å². The fraction of sp³-hybridized carbons (Fsp3) is 0.259. The minimum Gasteiger partial charge on any atom is -0.508 e. The Morgan fingerprint density at radius 2 is 1.55 bits per heavy atom. The molecular weight excluding hydrogens is 432 g/mol. The van der Waals surface area contributed by atoms with Crippen LogP contribution in [0.15, 0.2) is 84.9 Å². The average Bonchev–Trinajstić information content (AvgIpc) is 3.28. The summed E-state index contributed by atoms with van der Waals surface area (Å²) in [5.41, 5.74) is 2.88. The maximum Gasteiger partial charge on any atom is 0.246 e. The van der Waals surface area contributed by atoms with E-state index in [4.69, 9.17) is 0 Å². The van der Waals surface area contributed by atoms with Gasteiger partial charge in [-0.1, -0.05) is 78.9 Å². The molecule has 1 aliphatic heterocycles. The standard InChI is InChI=1S/C27H28N2O3S/c1-20(30)29-24(19-33-27(29)23-14-8-9-15-25(23)31)26(32)28(18-22-12-6-3-7-13-22)17-16-21-10-4-2-5-11-21/h2-15,24,27,31H,16-19H2,1H3/t24-,27-/m1/s1. The van der Waals surface area contributed by atoms with Crippen molar-refractivity contribution >= 4 is 23.6 Å². The van der Waals surface area contributed by atoms with Crippen LogP contribution >= 0.6 is 11.8 Å². The molecule has 5 nitrogen and oxygen atoms in total. The monoisotopic (exact) mass is 460 g/mol. The molecule has 6 heteroatoms. The van der Waals surface area contributed by atoms with E-state index in [1.807, 2.05) is 65.6 Å². The van der Waals surface area contributed by atoms with Gasteiger partial charge in [0.2, 0.25) is 11.8 Å². The molecule has 170 valence electrons. The fourth-order valence-corrected chi connectivity index (χ4v) is 5.71. The number of para-hydroxylation sites is 1. The first kappa shape index (κ1) is 22.9. The summed E-state index contributed by atoms with van der Waals surface area (Å²) in [6, 6.07) is 26.5. The van der Waals surface area contributed by atoms with E-state index in [2.05, 4.69) is 12.1 Å². The number of thioether (sulfide) groups is 1. The van der Waals surface area contributed by atoms with E-state index in [9.17, 15) is 14.7 Å². The largest absolute Gasteiger partial charge is 0.508 e. The first-order chi connectivity index (χ1) is 16.0. The van der Waals surface area contributed by atoms with E-state index >= 15 is 0 Å². The van der Waals surface area contributed by atoms with Gasteiger partial charge in [0.15, 0.2) is 0 Å². The van der Waals surface area contributed by atoms with Crippen molar-refractivity contribution < 1.29 is 14.7 Å². The van der Waals surface area contributed by atoms with Crippen molar-refractivity contribution in [2.45, 2.75) is 31.3 Å². The van der Waals surface area contributed by atoms with Gasteiger partial charge in [-0.15, -0.1) is 11.8 Å². The van der Waals surface area contributed by atoms with E-state index in [1.54, 1.807) is 17.0 Å². The first-order valence-corrected chi connectivity index (χ1v) is 12.1. The van der Waals surface area contributed by atoms with Crippen molar-refractivity contribution in [3.05, 3.63) is 102 Å². The number of benzene rings is 3. The molecule has 1 fully saturated rings. The number of phenolic OH excluding ortho intramolecular Hbond substituents is 1. The van der Waals surface area contributed by atoms with Gasteiger partial charge in [0.05, 0.1) is 0 Å². The van der Waals surface area contributed by atoms with E-state index < -0.39 is 6.04 Å². The normalized spacial score (nSPS) is 17.7. The van der Waals surface area contributed by atoms with Crippen LogP contribution in [0.1, 0.15) is 29.0 Å². The average molecular weight is 461 g/mol. The van der Waals surface area contributed by atoms with Crippen molar-refractivity contribution in [2.24, 2.45) is 0 Å². The number of rotatable bonds is 7. The van der Waals surface area contributed by atoms with E-state index in [1.165, 1.54) is 24.2 Å². The number of hydrogen-bond donors (Lipinski definition) is 1. The molecule has 0 aromatic heterocycles. The molecular formula is C27H28N2O3S. The SMILES string of the molecule is CC(=O)N1[C@@H](C(=O)N(CCc2ccccc2)Cc2ccccc2)CS[C@@H]1c1ccccc1O. The molecule has 33 heavy (non-hydrogen) atoms. The van der Waals surface area contributed by atoms with E-state index in [0.29, 0.717) is 24.4 Å². The van der Waals surface area contributed by atoms with Crippen LogP contribution in [0.25, 0.3) is 0 Å². The summed E-state index contributed by atoms with van der Waals surface area (Å²) in [6.45, 7) is 2.54. The number of hydrogen-bond acceptors (Lipinski definition) is 4. The second-order valence-electron chi connectivity index (χ2n) is 8.17. The Morgan fingerprint density at radius 3 is 2.18 bits per heavy atom. The number of aromatic hydroxyl groups is 1. The Hall–Kier alpha value is -3.25. The van der Waals surface area contributed by atoms with Gasteiger partial charge >= 0.3 is 0 Å². The highest BCUT2D eigenvalue weighted by atomic mass is 32.2. The topological polar surface area (TPSA) is 60.9 Å². The molecule has 2 atom stereocenters. The van der Waals surface area contributed by atoms with Gasteiger partial charge in [-0.3, -0.25) is 9.59 Å². The predicted molar refractivity (Wildman–Crippen MR) is 132 cm³/mol. The Kier molecular flexibility index (Phi) is 7.35. The maximum absolute atomic E-state index is 13.8. The van der Waals surface area contributed by atoms with Crippen LogP contribution in [-0.2, 0) is 22.6 Å². The minimum atomic E-state index is -0.573. The summed E-state index contributed by atoms with van der Waals surface area (Å²) in [5, 5.41) is 9.98. The number of carbonyl (C=O) groups excluding carboxylic acids is 2. The van der Waals surface area contributed by atoms with Crippen LogP contribution in [0.5, 0.6) is 5.75 Å². The Bertz CT molecular complexity index is 1090. The molecule has 0 saturated carbocycles. The molecule has 1 aliphatic rings. The molecule has 1 heterocycles. The third kappa shape index (κ3) is 5.40. The van der Waals surface area contributed by atoms with Gasteiger partial charge in [-0.25, -0.2) is 0 Å². The van der Waals surface area contributed by atoms with Crippen LogP contribution in [0.3, 0.4) is 0 Å². The highest BCUT2D eigenvalue weighted by molar-refractivity contribution is 7.99. The molecule has 0 aliphatic carbocycles. The van der Waals surface area contributed by atoms with Crippen LogP contribution in [0, 0.1) is 0 Å². The molecule has 1 N–H and O–H groups in total. The van der Waals surface area contributed by atoms with E-state index in [-0.39, 0.29) is 22.9 Å². The Labute approximate surface area is 199 Å². The number of amides is 2. The van der Waals surface area contributed by atoms with E-state index in [0.717, 1.165) is 12.0 Å². The molecule has 0 unspecified atom stereocenters. The maximum atomic E-state index is 13.8. The third-order valence-electron chi connectivity index (χ3n) is 5.89. The van der Waals surface area contributed by atoms with Gasteiger partial charge in [0, 0.05) is 31.3 Å². The highest BCUT2D eigenvalue weighted by Crippen LogP contribution is 2.44. The molecule has 3 aromatic rings. The predicted octanol–water partition coefficient (Wildman–Crippen LogP) is 4.63. The molecule has 0 bridgehead atoms. The summed E-state index contributed by atoms with van der Waals surface area (Å²) < 4.78 is 0. The van der Waals surface area contributed by atoms with Crippen LogP contribution < -0.4 is 0 Å². The zero-order valence-corrected chi connectivity index (χ0v) is 19.4.